The van der Waals surface area contributed by atoms with Gasteiger partial charge in [0.2, 0.25) is 0 Å². The van der Waals surface area contributed by atoms with Crippen molar-refractivity contribution in [2.24, 2.45) is 16.6 Å². The summed E-state index contributed by atoms with van der Waals surface area (Å²) in [5, 5.41) is 23.1. The highest BCUT2D eigenvalue weighted by Gasteiger charge is 2.72. The number of nitriles is 1. The molecular formula is C23H21F2N7OS. The fourth-order valence-electron chi connectivity index (χ4n) is 4.84. The molecule has 0 unspecified atom stereocenters. The third-order valence-electron chi connectivity index (χ3n) is 6.69. The van der Waals surface area contributed by atoms with E-state index in [4.69, 9.17) is 11.0 Å². The highest BCUT2D eigenvalue weighted by Crippen LogP contribution is 2.69. The van der Waals surface area contributed by atoms with Crippen molar-refractivity contribution < 1.29 is 13.9 Å². The molecular weight excluding hydrogens is 460 g/mol. The predicted octanol–water partition coefficient (Wildman–Crippen LogP) is 3.72. The molecule has 1 aromatic carbocycles. The molecule has 11 heteroatoms. The monoisotopic (exact) mass is 481 g/mol. The predicted molar refractivity (Wildman–Crippen MR) is 125 cm³/mol. The zero-order chi connectivity index (χ0) is 24.5. The average Bonchev–Trinajstić information content (AvgIpc) is 3.53. The summed E-state index contributed by atoms with van der Waals surface area (Å²) < 4.78 is 29.4. The maximum absolute atomic E-state index is 15.2. The lowest BCUT2D eigenvalue weighted by atomic mass is 9.83. The molecule has 3 aromatic rings. The Hall–Kier alpha value is -3.36. The van der Waals surface area contributed by atoms with Crippen molar-refractivity contribution in [1.29, 1.82) is 5.26 Å². The van der Waals surface area contributed by atoms with E-state index >= 15 is 4.39 Å². The van der Waals surface area contributed by atoms with Gasteiger partial charge in [0.05, 0.1) is 27.0 Å². The van der Waals surface area contributed by atoms with E-state index in [1.165, 1.54) is 30.4 Å². The van der Waals surface area contributed by atoms with Gasteiger partial charge in [0.15, 0.2) is 22.6 Å². The fourth-order valence-corrected chi connectivity index (χ4v) is 6.32. The molecule has 34 heavy (non-hydrogen) atoms. The van der Waals surface area contributed by atoms with Crippen molar-refractivity contribution in [3.63, 3.8) is 0 Å². The van der Waals surface area contributed by atoms with Gasteiger partial charge in [-0.2, -0.15) is 5.26 Å². The number of aliphatic hydroxyl groups is 1. The number of benzene rings is 1. The number of aromatic nitrogens is 3. The standard InChI is InChI=1S/C23H21F2N7OS/c1-21(2,33)23-7-16(23)22(3,32-20(27)34-23)13-5-12(6-14(24)17(13)25)31-19-18-15(29-10-30-19)4-11(8-26)9-28-18/h4-6,9-10,16,33H,7H2,1-3H3,(H2,27,32)(H,29,30,31)/t16-,22+,23-/m0/s1. The Morgan fingerprint density at radius 2 is 2.03 bits per heavy atom. The SMILES string of the molecule is CC(C)(O)[C@]12C[C@H]1[C@@](C)(c1cc(Nc3ncnc4cc(C#N)cnc34)cc(F)c1F)N=C(N)S2. The van der Waals surface area contributed by atoms with Crippen molar-refractivity contribution in [1.82, 2.24) is 15.0 Å². The van der Waals surface area contributed by atoms with Crippen LogP contribution in [0.15, 0.2) is 35.7 Å². The summed E-state index contributed by atoms with van der Waals surface area (Å²) in [5.41, 5.74) is 5.25. The van der Waals surface area contributed by atoms with Crippen molar-refractivity contribution in [2.75, 3.05) is 5.32 Å². The summed E-state index contributed by atoms with van der Waals surface area (Å²) >= 11 is 1.29. The molecule has 1 fully saturated rings. The summed E-state index contributed by atoms with van der Waals surface area (Å²) in [6.07, 6.45) is 3.23. The molecule has 0 amide bonds. The second-order valence-corrected chi connectivity index (χ2v) is 10.6. The Kier molecular flexibility index (Phi) is 4.83. The minimum absolute atomic E-state index is 0.0347. The number of hydrogen-bond acceptors (Lipinski definition) is 9. The highest BCUT2D eigenvalue weighted by molar-refractivity contribution is 8.15. The first-order valence-corrected chi connectivity index (χ1v) is 11.3. The summed E-state index contributed by atoms with van der Waals surface area (Å²) in [5.74, 6) is -2.04. The van der Waals surface area contributed by atoms with E-state index in [0.717, 1.165) is 6.07 Å². The molecule has 0 radical (unpaired) electrons. The number of nitrogens with two attached hydrogens (primary N) is 1. The molecule has 8 nitrogen and oxygen atoms in total. The van der Waals surface area contributed by atoms with E-state index in [1.807, 2.05) is 6.07 Å². The molecule has 1 saturated carbocycles. The van der Waals surface area contributed by atoms with Crippen LogP contribution in [-0.2, 0) is 5.54 Å². The molecule has 5 rings (SSSR count). The van der Waals surface area contributed by atoms with Gasteiger partial charge in [-0.1, -0.05) is 11.8 Å². The van der Waals surface area contributed by atoms with Crippen molar-refractivity contribution >= 4 is 39.5 Å². The second-order valence-electron chi connectivity index (χ2n) is 9.28. The molecule has 0 spiro atoms. The van der Waals surface area contributed by atoms with E-state index in [2.05, 4.69) is 25.3 Å². The number of aliphatic imine (C=N–C) groups is 1. The van der Waals surface area contributed by atoms with Gasteiger partial charge in [-0.25, -0.2) is 23.7 Å². The van der Waals surface area contributed by atoms with Crippen LogP contribution in [0.4, 0.5) is 20.3 Å². The van der Waals surface area contributed by atoms with Crippen LogP contribution in [-0.4, -0.2) is 35.6 Å². The number of nitrogens with zero attached hydrogens (tertiary/aromatic N) is 5. The van der Waals surface area contributed by atoms with Gasteiger partial charge in [-0.05, 0) is 39.3 Å². The maximum Gasteiger partial charge on any atom is 0.164 e. The second kappa shape index (κ2) is 7.32. The average molecular weight is 482 g/mol. The molecule has 1 aliphatic heterocycles. The molecule has 174 valence electrons. The minimum Gasteiger partial charge on any atom is -0.389 e. The third kappa shape index (κ3) is 3.28. The number of halogens is 2. The third-order valence-corrected chi connectivity index (χ3v) is 8.31. The molecule has 0 bridgehead atoms. The number of anilines is 2. The maximum atomic E-state index is 15.2. The number of fused-ring (bicyclic) bond motifs is 2. The van der Waals surface area contributed by atoms with Gasteiger partial charge in [-0.15, -0.1) is 0 Å². The van der Waals surface area contributed by atoms with Crippen LogP contribution in [0, 0.1) is 28.9 Å². The van der Waals surface area contributed by atoms with Crippen molar-refractivity contribution in [2.45, 2.75) is 43.1 Å². The quantitative estimate of drug-likeness (QED) is 0.513. The summed E-state index contributed by atoms with van der Waals surface area (Å²) in [4.78, 5) is 17.1. The number of hydrogen-bond donors (Lipinski definition) is 3. The molecule has 4 N–H and O–H groups in total. The largest absolute Gasteiger partial charge is 0.389 e. The van der Waals surface area contributed by atoms with Gasteiger partial charge in [-0.3, -0.25) is 4.99 Å². The minimum atomic E-state index is -1.17. The number of thioether (sulfide) groups is 1. The smallest absolute Gasteiger partial charge is 0.164 e. The lowest BCUT2D eigenvalue weighted by molar-refractivity contribution is 0.0600. The molecule has 3 heterocycles. The van der Waals surface area contributed by atoms with E-state index < -0.39 is 27.5 Å². The summed E-state index contributed by atoms with van der Waals surface area (Å²) in [7, 11) is 0. The zero-order valence-corrected chi connectivity index (χ0v) is 19.4. The summed E-state index contributed by atoms with van der Waals surface area (Å²) in [6.45, 7) is 5.10. The Morgan fingerprint density at radius 1 is 1.26 bits per heavy atom. The van der Waals surface area contributed by atoms with Crippen molar-refractivity contribution in [3.05, 3.63) is 53.5 Å². The van der Waals surface area contributed by atoms with E-state index in [0.29, 0.717) is 23.0 Å². The lowest BCUT2D eigenvalue weighted by Gasteiger charge is -2.39. The highest BCUT2D eigenvalue weighted by atomic mass is 32.2. The van der Waals surface area contributed by atoms with E-state index in [9.17, 15) is 9.50 Å². The van der Waals surface area contributed by atoms with Crippen LogP contribution in [0.5, 0.6) is 0 Å². The Morgan fingerprint density at radius 3 is 2.74 bits per heavy atom. The Bertz CT molecular complexity index is 1420. The first kappa shape index (κ1) is 22.4. The number of rotatable bonds is 4. The van der Waals surface area contributed by atoms with Gasteiger partial charge < -0.3 is 16.2 Å². The topological polar surface area (TPSA) is 133 Å². The van der Waals surface area contributed by atoms with E-state index in [1.54, 1.807) is 26.8 Å². The molecule has 3 atom stereocenters. The van der Waals surface area contributed by atoms with Gasteiger partial charge in [0.25, 0.3) is 0 Å². The van der Waals surface area contributed by atoms with Crippen LogP contribution in [0.25, 0.3) is 11.0 Å². The first-order valence-electron chi connectivity index (χ1n) is 10.5. The lowest BCUT2D eigenvalue weighted by Crippen LogP contribution is -2.46. The Balaban J connectivity index is 1.59. The van der Waals surface area contributed by atoms with Crippen LogP contribution in [0.2, 0.25) is 0 Å². The molecule has 0 saturated heterocycles. The fraction of sp³-hybridized carbons (Fsp3) is 0.348. The van der Waals surface area contributed by atoms with E-state index in [-0.39, 0.29) is 28.2 Å². The van der Waals surface area contributed by atoms with Crippen LogP contribution in [0.3, 0.4) is 0 Å². The molecule has 2 aliphatic rings. The zero-order valence-electron chi connectivity index (χ0n) is 18.6. The Labute approximate surface area is 198 Å². The van der Waals surface area contributed by atoms with Crippen LogP contribution in [0.1, 0.15) is 38.3 Å². The number of pyridine rings is 1. The van der Waals surface area contributed by atoms with Crippen LogP contribution < -0.4 is 11.1 Å². The van der Waals surface area contributed by atoms with Crippen molar-refractivity contribution in [3.8, 4) is 6.07 Å². The number of nitrogens with one attached hydrogen (secondary N) is 1. The van der Waals surface area contributed by atoms with Gasteiger partial charge >= 0.3 is 0 Å². The van der Waals surface area contributed by atoms with Crippen LogP contribution >= 0.6 is 11.8 Å². The molecule has 1 aliphatic carbocycles. The summed E-state index contributed by atoms with van der Waals surface area (Å²) in [6, 6.07) is 6.07. The van der Waals surface area contributed by atoms with Gasteiger partial charge in [0.1, 0.15) is 17.9 Å². The van der Waals surface area contributed by atoms with Gasteiger partial charge in [0, 0.05) is 29.4 Å². The number of amidine groups is 1. The first-order chi connectivity index (χ1) is 16.0. The molecule has 2 aromatic heterocycles. The normalized spacial score (nSPS) is 25.9.